The van der Waals surface area contributed by atoms with Crippen LogP contribution in [0, 0.1) is 6.92 Å². The van der Waals surface area contributed by atoms with Crippen molar-refractivity contribution in [2.75, 3.05) is 27.7 Å². The number of hydrogen-bond donors (Lipinski definition) is 1. The van der Waals surface area contributed by atoms with Gasteiger partial charge in [0.05, 0.1) is 18.7 Å². The van der Waals surface area contributed by atoms with Crippen LogP contribution in [-0.4, -0.2) is 66.4 Å². The maximum atomic E-state index is 13.0. The maximum absolute atomic E-state index is 13.0. The van der Waals surface area contributed by atoms with Crippen molar-refractivity contribution in [3.8, 4) is 17.2 Å². The Hall–Kier alpha value is -2.61. The standard InChI is InChI=1S/C17H20N2O6/c1-7-13(21)11-10(16(15(7)24-5)25-8(2)20)9-6-18(3)17(23)12(14(11)22)19(9)4/h9,12,21H,6H2,1-5H3. The summed E-state index contributed by atoms with van der Waals surface area (Å²) in [7, 11) is 4.68. The van der Waals surface area contributed by atoms with Crippen LogP contribution in [0.25, 0.3) is 0 Å². The zero-order valence-electron chi connectivity index (χ0n) is 14.7. The third kappa shape index (κ3) is 2.28. The Morgan fingerprint density at radius 1 is 1.24 bits per heavy atom. The minimum absolute atomic E-state index is 0.0316. The monoisotopic (exact) mass is 348 g/mol. The van der Waals surface area contributed by atoms with E-state index in [0.29, 0.717) is 12.1 Å². The van der Waals surface area contributed by atoms with E-state index in [2.05, 4.69) is 0 Å². The molecule has 8 nitrogen and oxygen atoms in total. The highest BCUT2D eigenvalue weighted by Crippen LogP contribution is 2.51. The molecule has 0 radical (unpaired) electrons. The van der Waals surface area contributed by atoms with E-state index in [0.717, 1.165) is 0 Å². The first-order valence-corrected chi connectivity index (χ1v) is 7.83. The van der Waals surface area contributed by atoms with Crippen LogP contribution in [0.3, 0.4) is 0 Å². The minimum atomic E-state index is -1.000. The number of nitrogens with zero attached hydrogens (tertiary/aromatic N) is 2. The molecule has 2 heterocycles. The number of rotatable bonds is 2. The molecule has 2 aliphatic rings. The van der Waals surface area contributed by atoms with Gasteiger partial charge >= 0.3 is 5.97 Å². The molecule has 1 N–H and O–H groups in total. The fourth-order valence-electron chi connectivity index (χ4n) is 3.66. The van der Waals surface area contributed by atoms with Crippen molar-refractivity contribution in [3.63, 3.8) is 0 Å². The van der Waals surface area contributed by atoms with Gasteiger partial charge in [-0.3, -0.25) is 19.3 Å². The Balaban J connectivity index is 2.37. The summed E-state index contributed by atoms with van der Waals surface area (Å²) in [6.07, 6.45) is 0. The van der Waals surface area contributed by atoms with E-state index in [4.69, 9.17) is 9.47 Å². The van der Waals surface area contributed by atoms with E-state index in [1.807, 2.05) is 0 Å². The minimum Gasteiger partial charge on any atom is -0.507 e. The molecule has 2 atom stereocenters. The number of carbonyl (C=O) groups excluding carboxylic acids is 3. The van der Waals surface area contributed by atoms with Crippen LogP contribution in [0.4, 0.5) is 0 Å². The van der Waals surface area contributed by atoms with E-state index in [9.17, 15) is 19.5 Å². The summed E-state index contributed by atoms with van der Waals surface area (Å²) in [5.74, 6) is -1.33. The fourth-order valence-corrected chi connectivity index (χ4v) is 3.66. The number of phenolic OH excluding ortho intramolecular Hbond substituents is 1. The average Bonchev–Trinajstić information content (AvgIpc) is 2.53. The van der Waals surface area contributed by atoms with Crippen LogP contribution in [-0.2, 0) is 9.59 Å². The van der Waals surface area contributed by atoms with Crippen molar-refractivity contribution in [1.82, 2.24) is 9.80 Å². The highest BCUT2D eigenvalue weighted by molar-refractivity contribution is 6.17. The molecule has 25 heavy (non-hydrogen) atoms. The number of aromatic hydroxyl groups is 1. The van der Waals surface area contributed by atoms with Crippen LogP contribution in [0.5, 0.6) is 17.2 Å². The highest BCUT2D eigenvalue weighted by Gasteiger charge is 2.51. The largest absolute Gasteiger partial charge is 0.507 e. The molecule has 8 heteroatoms. The number of esters is 1. The summed E-state index contributed by atoms with van der Waals surface area (Å²) < 4.78 is 10.7. The average molecular weight is 348 g/mol. The molecule has 134 valence electrons. The lowest BCUT2D eigenvalue weighted by molar-refractivity contribution is -0.140. The third-order valence-electron chi connectivity index (χ3n) is 4.89. The van der Waals surface area contributed by atoms with E-state index in [1.54, 1.807) is 25.9 Å². The second-order valence-corrected chi connectivity index (χ2v) is 6.39. The van der Waals surface area contributed by atoms with Crippen molar-refractivity contribution in [2.45, 2.75) is 25.9 Å². The van der Waals surface area contributed by atoms with Crippen molar-refractivity contribution in [1.29, 1.82) is 0 Å². The van der Waals surface area contributed by atoms with Gasteiger partial charge in [-0.05, 0) is 14.0 Å². The van der Waals surface area contributed by atoms with Crippen LogP contribution in [0.2, 0.25) is 0 Å². The number of hydrogen-bond acceptors (Lipinski definition) is 7. The van der Waals surface area contributed by atoms with Gasteiger partial charge in [0, 0.05) is 31.6 Å². The van der Waals surface area contributed by atoms with E-state index in [1.165, 1.54) is 18.9 Å². The molecule has 1 fully saturated rings. The molecule has 1 saturated heterocycles. The molecule has 1 aromatic carbocycles. The Morgan fingerprint density at radius 3 is 2.44 bits per heavy atom. The Bertz CT molecular complexity index is 803. The number of likely N-dealkylation sites (N-methyl/N-ethyl adjacent to an activating group) is 2. The predicted molar refractivity (Wildman–Crippen MR) is 87.0 cm³/mol. The Kier molecular flexibility index (Phi) is 3.95. The first-order chi connectivity index (χ1) is 11.7. The zero-order chi connectivity index (χ0) is 18.6. The predicted octanol–water partition coefficient (Wildman–Crippen LogP) is 0.644. The highest BCUT2D eigenvalue weighted by atomic mass is 16.6. The van der Waals surface area contributed by atoms with Gasteiger partial charge in [0.25, 0.3) is 0 Å². The summed E-state index contributed by atoms with van der Waals surface area (Å²) in [5.41, 5.74) is 0.691. The zero-order valence-corrected chi connectivity index (χ0v) is 14.7. The summed E-state index contributed by atoms with van der Waals surface area (Å²) in [6.45, 7) is 3.12. The first-order valence-electron chi connectivity index (χ1n) is 7.83. The summed E-state index contributed by atoms with van der Waals surface area (Å²) in [6, 6.07) is -1.41. The second-order valence-electron chi connectivity index (χ2n) is 6.39. The topological polar surface area (TPSA) is 96.4 Å². The van der Waals surface area contributed by atoms with Crippen LogP contribution in [0.15, 0.2) is 0 Å². The smallest absolute Gasteiger partial charge is 0.308 e. The molecule has 0 aromatic heterocycles. The number of phenols is 1. The molecule has 0 spiro atoms. The van der Waals surface area contributed by atoms with Crippen molar-refractivity contribution >= 4 is 17.7 Å². The molecule has 1 amide bonds. The van der Waals surface area contributed by atoms with Crippen molar-refractivity contribution in [2.24, 2.45) is 0 Å². The number of Topliss-reactive ketones (excluding diaryl/α,β-unsaturated/α-hetero) is 1. The number of amides is 1. The van der Waals surface area contributed by atoms with Gasteiger partial charge in [-0.25, -0.2) is 0 Å². The summed E-state index contributed by atoms with van der Waals surface area (Å²) in [4.78, 5) is 40.1. The van der Waals surface area contributed by atoms with Gasteiger partial charge < -0.3 is 19.5 Å². The number of ether oxygens (including phenoxy) is 2. The molecular formula is C17H20N2O6. The van der Waals surface area contributed by atoms with Crippen molar-refractivity contribution in [3.05, 3.63) is 16.7 Å². The molecule has 2 aliphatic heterocycles. The van der Waals surface area contributed by atoms with Crippen molar-refractivity contribution < 1.29 is 29.0 Å². The van der Waals surface area contributed by atoms with Gasteiger partial charge in [0.1, 0.15) is 5.75 Å². The lowest BCUT2D eigenvalue weighted by Gasteiger charge is -2.46. The fraction of sp³-hybridized carbons (Fsp3) is 0.471. The SMILES string of the molecule is COc1c(C)c(O)c2c(c1OC(C)=O)C1CN(C)C(=O)C(C2=O)N1C. The lowest BCUT2D eigenvalue weighted by atomic mass is 9.81. The Labute approximate surface area is 144 Å². The van der Waals surface area contributed by atoms with Gasteiger partial charge in [-0.2, -0.15) is 0 Å². The van der Waals surface area contributed by atoms with Gasteiger partial charge in [-0.1, -0.05) is 0 Å². The molecule has 2 bridgehead atoms. The van der Waals surface area contributed by atoms with Crippen LogP contribution >= 0.6 is 0 Å². The summed E-state index contributed by atoms with van der Waals surface area (Å²) in [5, 5.41) is 10.6. The normalized spacial score (nSPS) is 22.7. The maximum Gasteiger partial charge on any atom is 0.308 e. The van der Waals surface area contributed by atoms with E-state index >= 15 is 0 Å². The lowest BCUT2D eigenvalue weighted by Crippen LogP contribution is -2.61. The molecular weight excluding hydrogens is 328 g/mol. The number of methoxy groups -OCH3 is 1. The van der Waals surface area contributed by atoms with Gasteiger partial charge in [0.15, 0.2) is 23.3 Å². The number of benzene rings is 1. The van der Waals surface area contributed by atoms with E-state index in [-0.39, 0.29) is 34.3 Å². The van der Waals surface area contributed by atoms with E-state index < -0.39 is 23.8 Å². The quantitative estimate of drug-likeness (QED) is 0.476. The molecule has 0 saturated carbocycles. The molecule has 3 rings (SSSR count). The number of ketones is 1. The molecule has 2 unspecified atom stereocenters. The van der Waals surface area contributed by atoms with Crippen LogP contribution in [0.1, 0.15) is 34.5 Å². The first kappa shape index (κ1) is 17.2. The third-order valence-corrected chi connectivity index (χ3v) is 4.89. The van der Waals surface area contributed by atoms with Gasteiger partial charge in [-0.15, -0.1) is 0 Å². The van der Waals surface area contributed by atoms with Gasteiger partial charge in [0.2, 0.25) is 5.91 Å². The molecule has 0 aliphatic carbocycles. The summed E-state index contributed by atoms with van der Waals surface area (Å²) >= 11 is 0. The van der Waals surface area contributed by atoms with Crippen LogP contribution < -0.4 is 9.47 Å². The Morgan fingerprint density at radius 2 is 1.88 bits per heavy atom. The molecule has 1 aromatic rings. The number of carbonyl (C=O) groups is 3. The number of fused-ring (bicyclic) bond motifs is 4. The number of piperazine rings is 1. The second kappa shape index (κ2) is 5.73.